The molecule has 1 saturated heterocycles. The molecule has 1 amide bonds. The third kappa shape index (κ3) is 4.67. The van der Waals surface area contributed by atoms with Crippen molar-refractivity contribution in [1.29, 1.82) is 0 Å². The summed E-state index contributed by atoms with van der Waals surface area (Å²) in [5.41, 5.74) is 0.745. The Hall–Kier alpha value is -2.18. The number of ether oxygens (including phenoxy) is 2. The van der Waals surface area contributed by atoms with Gasteiger partial charge in [-0.2, -0.15) is 0 Å². The molecule has 1 aliphatic heterocycles. The van der Waals surface area contributed by atoms with Gasteiger partial charge in [0.1, 0.15) is 11.6 Å². The minimum atomic E-state index is -0.639. The van der Waals surface area contributed by atoms with E-state index in [0.29, 0.717) is 38.4 Å². The van der Waals surface area contributed by atoms with E-state index in [4.69, 9.17) is 13.9 Å². The van der Waals surface area contributed by atoms with Crippen LogP contribution in [0.1, 0.15) is 30.6 Å². The number of amides is 1. The molecule has 6 heteroatoms. The van der Waals surface area contributed by atoms with Crippen LogP contribution in [0.15, 0.2) is 47.1 Å². The Morgan fingerprint density at radius 2 is 1.96 bits per heavy atom. The highest BCUT2D eigenvalue weighted by Gasteiger charge is 2.31. The summed E-state index contributed by atoms with van der Waals surface area (Å²) in [6.07, 6.45) is 2.55. The first-order chi connectivity index (χ1) is 12.1. The minimum Gasteiger partial charge on any atom is -0.469 e. The van der Waals surface area contributed by atoms with Crippen LogP contribution in [0.4, 0.5) is 4.39 Å². The fourth-order valence-corrected chi connectivity index (χ4v) is 2.92. The molecule has 0 spiro atoms. The van der Waals surface area contributed by atoms with Crippen molar-refractivity contribution >= 4 is 5.91 Å². The van der Waals surface area contributed by atoms with Gasteiger partial charge in [-0.15, -0.1) is 0 Å². The molecule has 3 rings (SSSR count). The quantitative estimate of drug-likeness (QED) is 0.836. The fraction of sp³-hybridized carbons (Fsp3) is 0.421. The van der Waals surface area contributed by atoms with Gasteiger partial charge in [0.05, 0.1) is 25.4 Å². The number of halogens is 1. The van der Waals surface area contributed by atoms with Crippen LogP contribution >= 0.6 is 0 Å². The van der Waals surface area contributed by atoms with Crippen LogP contribution < -0.4 is 5.32 Å². The molecule has 0 radical (unpaired) electrons. The average Bonchev–Trinajstić information content (AvgIpc) is 3.25. The molecule has 25 heavy (non-hydrogen) atoms. The fourth-order valence-electron chi connectivity index (χ4n) is 2.92. The molecule has 1 atom stereocenters. The Balaban J connectivity index is 1.65. The number of hydrogen-bond donors (Lipinski definition) is 1. The lowest BCUT2D eigenvalue weighted by Crippen LogP contribution is -2.36. The molecule has 5 nitrogen and oxygen atoms in total. The first-order valence-corrected chi connectivity index (χ1v) is 8.39. The van der Waals surface area contributed by atoms with E-state index in [9.17, 15) is 9.18 Å². The van der Waals surface area contributed by atoms with Gasteiger partial charge in [0.15, 0.2) is 5.79 Å². The largest absolute Gasteiger partial charge is 0.469 e. The smallest absolute Gasteiger partial charge is 0.228 e. The summed E-state index contributed by atoms with van der Waals surface area (Å²) in [6.45, 7) is 3.44. The van der Waals surface area contributed by atoms with Gasteiger partial charge in [-0.05, 0) is 36.8 Å². The van der Waals surface area contributed by atoms with Crippen molar-refractivity contribution in [2.24, 2.45) is 0 Å². The Kier molecular flexibility index (Phi) is 5.50. The summed E-state index contributed by atoms with van der Waals surface area (Å²) >= 11 is 0. The van der Waals surface area contributed by atoms with Crippen LogP contribution in [0.5, 0.6) is 0 Å². The van der Waals surface area contributed by atoms with E-state index < -0.39 is 11.7 Å². The second kappa shape index (κ2) is 7.80. The topological polar surface area (TPSA) is 60.7 Å². The summed E-state index contributed by atoms with van der Waals surface area (Å²) < 4.78 is 29.6. The lowest BCUT2D eigenvalue weighted by atomic mass is 9.93. The Morgan fingerprint density at radius 3 is 2.60 bits per heavy atom. The maximum Gasteiger partial charge on any atom is 0.228 e. The summed E-state index contributed by atoms with van der Waals surface area (Å²) in [7, 11) is 0. The molecule has 0 saturated carbocycles. The maximum atomic E-state index is 13.2. The van der Waals surface area contributed by atoms with E-state index in [0.717, 1.165) is 5.56 Å². The van der Waals surface area contributed by atoms with Crippen LogP contribution in [-0.4, -0.2) is 31.5 Å². The van der Waals surface area contributed by atoms with Gasteiger partial charge in [0.25, 0.3) is 0 Å². The molecule has 1 N–H and O–H groups in total. The van der Waals surface area contributed by atoms with Gasteiger partial charge in [-0.1, -0.05) is 12.1 Å². The molecule has 1 aromatic carbocycles. The van der Waals surface area contributed by atoms with E-state index in [-0.39, 0.29) is 11.7 Å². The van der Waals surface area contributed by atoms with Gasteiger partial charge in [-0.25, -0.2) is 4.39 Å². The van der Waals surface area contributed by atoms with Gasteiger partial charge >= 0.3 is 0 Å². The van der Waals surface area contributed by atoms with Crippen LogP contribution in [0.2, 0.25) is 0 Å². The maximum absolute atomic E-state index is 13.2. The molecule has 0 aliphatic carbocycles. The number of carbonyl (C=O) groups is 1. The summed E-state index contributed by atoms with van der Waals surface area (Å²) in [4.78, 5) is 12.7. The average molecular weight is 347 g/mol. The number of rotatable bonds is 7. The van der Waals surface area contributed by atoms with Gasteiger partial charge in [0, 0.05) is 19.4 Å². The SMILES string of the molecule is CC1(CCNC(=O)C(Cc2ccco2)c2ccc(F)cc2)OCCO1. The normalized spacial score (nSPS) is 17.4. The Bertz CT molecular complexity index is 678. The number of benzene rings is 1. The standard InChI is InChI=1S/C19H22FNO4/c1-19(24-11-12-25-19)8-9-21-18(22)17(13-16-3-2-10-23-16)14-4-6-15(20)7-5-14/h2-7,10,17H,8-9,11-13H2,1H3,(H,21,22). The Labute approximate surface area is 146 Å². The van der Waals surface area contributed by atoms with Crippen molar-refractivity contribution in [3.63, 3.8) is 0 Å². The predicted molar refractivity (Wildman–Crippen MR) is 89.5 cm³/mol. The highest BCUT2D eigenvalue weighted by molar-refractivity contribution is 5.83. The van der Waals surface area contributed by atoms with Gasteiger partial charge in [0.2, 0.25) is 5.91 Å². The van der Waals surface area contributed by atoms with Crippen LogP contribution in [0.25, 0.3) is 0 Å². The number of furan rings is 1. The van der Waals surface area contributed by atoms with Crippen molar-refractivity contribution in [1.82, 2.24) is 5.32 Å². The molecular formula is C19H22FNO4. The summed E-state index contributed by atoms with van der Waals surface area (Å²) in [5.74, 6) is -0.850. The predicted octanol–water partition coefficient (Wildman–Crippen LogP) is 3.01. The zero-order valence-electron chi connectivity index (χ0n) is 14.2. The molecule has 0 bridgehead atoms. The highest BCUT2D eigenvalue weighted by atomic mass is 19.1. The lowest BCUT2D eigenvalue weighted by molar-refractivity contribution is -0.146. The zero-order valence-corrected chi connectivity index (χ0v) is 14.2. The molecule has 1 aromatic heterocycles. The summed E-state index contributed by atoms with van der Waals surface area (Å²) in [5, 5.41) is 2.93. The molecule has 1 unspecified atom stereocenters. The highest BCUT2D eigenvalue weighted by Crippen LogP contribution is 2.24. The minimum absolute atomic E-state index is 0.135. The van der Waals surface area contributed by atoms with Crippen molar-refractivity contribution in [3.05, 3.63) is 59.8 Å². The Morgan fingerprint density at radius 1 is 1.24 bits per heavy atom. The van der Waals surface area contributed by atoms with Gasteiger partial charge < -0.3 is 19.2 Å². The van der Waals surface area contributed by atoms with Crippen molar-refractivity contribution < 1.29 is 23.1 Å². The van der Waals surface area contributed by atoms with Crippen LogP contribution in [-0.2, 0) is 20.7 Å². The first-order valence-electron chi connectivity index (χ1n) is 8.39. The van der Waals surface area contributed by atoms with E-state index in [1.165, 1.54) is 12.1 Å². The third-order valence-electron chi connectivity index (χ3n) is 4.35. The molecule has 1 fully saturated rings. The molecule has 2 aromatic rings. The van der Waals surface area contributed by atoms with Crippen molar-refractivity contribution in [2.45, 2.75) is 31.5 Å². The molecular weight excluding hydrogens is 325 g/mol. The van der Waals surface area contributed by atoms with E-state index in [1.807, 2.05) is 13.0 Å². The van der Waals surface area contributed by atoms with E-state index in [2.05, 4.69) is 5.32 Å². The number of carbonyl (C=O) groups excluding carboxylic acids is 1. The monoisotopic (exact) mass is 347 g/mol. The molecule has 134 valence electrons. The first kappa shape index (κ1) is 17.6. The second-order valence-electron chi connectivity index (χ2n) is 6.26. The van der Waals surface area contributed by atoms with Crippen LogP contribution in [0.3, 0.4) is 0 Å². The van der Waals surface area contributed by atoms with Crippen LogP contribution in [0, 0.1) is 5.82 Å². The van der Waals surface area contributed by atoms with Crippen molar-refractivity contribution in [2.75, 3.05) is 19.8 Å². The lowest BCUT2D eigenvalue weighted by Gasteiger charge is -2.23. The molecule has 2 heterocycles. The number of hydrogen-bond acceptors (Lipinski definition) is 4. The summed E-state index contributed by atoms with van der Waals surface area (Å²) in [6, 6.07) is 9.59. The third-order valence-corrected chi connectivity index (χ3v) is 4.35. The van der Waals surface area contributed by atoms with E-state index >= 15 is 0 Å². The van der Waals surface area contributed by atoms with Crippen molar-refractivity contribution in [3.8, 4) is 0 Å². The molecule has 1 aliphatic rings. The number of nitrogens with one attached hydrogen (secondary N) is 1. The second-order valence-corrected chi connectivity index (χ2v) is 6.26. The van der Waals surface area contributed by atoms with Gasteiger partial charge in [-0.3, -0.25) is 4.79 Å². The zero-order chi connectivity index (χ0) is 17.7. The van der Waals surface area contributed by atoms with E-state index in [1.54, 1.807) is 24.5 Å².